The van der Waals surface area contributed by atoms with Gasteiger partial charge in [-0.3, -0.25) is 4.68 Å². The molecule has 4 heteroatoms. The average molecular weight is 169 g/mol. The number of aliphatic hydroxyl groups is 1. The molecule has 0 bridgehead atoms. The van der Waals surface area contributed by atoms with Gasteiger partial charge in [-0.15, -0.1) is 0 Å². The molecular formula is C8H15N3O. The van der Waals surface area contributed by atoms with Crippen molar-refractivity contribution in [1.29, 1.82) is 0 Å². The first-order valence-corrected chi connectivity index (χ1v) is 4.07. The number of rotatable bonds is 3. The maximum Gasteiger partial charge on any atom is 0.145 e. The molecule has 12 heavy (non-hydrogen) atoms. The van der Waals surface area contributed by atoms with E-state index < -0.39 is 0 Å². The Morgan fingerprint density at radius 3 is 2.83 bits per heavy atom. The number of aliphatic hydroxyl groups excluding tert-OH is 1. The van der Waals surface area contributed by atoms with Crippen molar-refractivity contribution in [1.82, 2.24) is 9.78 Å². The van der Waals surface area contributed by atoms with Crippen LogP contribution in [0.3, 0.4) is 0 Å². The highest BCUT2D eigenvalue weighted by Crippen LogP contribution is 2.05. The van der Waals surface area contributed by atoms with Crippen molar-refractivity contribution in [3.8, 4) is 0 Å². The molecule has 1 aromatic rings. The van der Waals surface area contributed by atoms with Crippen LogP contribution in [0.4, 0.5) is 5.82 Å². The summed E-state index contributed by atoms with van der Waals surface area (Å²) in [5.74, 6) is 0.540. The first kappa shape index (κ1) is 9.06. The molecule has 0 spiro atoms. The molecule has 1 rings (SSSR count). The lowest BCUT2D eigenvalue weighted by molar-refractivity contribution is 0.176. The largest absolute Gasteiger partial charge is 0.393 e. The molecule has 3 N–H and O–H groups in total. The zero-order chi connectivity index (χ0) is 9.14. The molecule has 4 nitrogen and oxygen atoms in total. The van der Waals surface area contributed by atoms with Gasteiger partial charge in [0.15, 0.2) is 0 Å². The number of anilines is 1. The van der Waals surface area contributed by atoms with Crippen LogP contribution < -0.4 is 5.73 Å². The van der Waals surface area contributed by atoms with Crippen molar-refractivity contribution >= 4 is 5.82 Å². The molecule has 0 aliphatic heterocycles. The quantitative estimate of drug-likeness (QED) is 0.694. The van der Waals surface area contributed by atoms with Crippen LogP contribution in [0.25, 0.3) is 0 Å². The van der Waals surface area contributed by atoms with Gasteiger partial charge in [0.1, 0.15) is 5.82 Å². The molecule has 68 valence electrons. The molecule has 0 saturated carbocycles. The summed E-state index contributed by atoms with van der Waals surface area (Å²) in [5.41, 5.74) is 6.53. The average Bonchev–Trinajstić information content (AvgIpc) is 2.26. The van der Waals surface area contributed by atoms with E-state index in [1.165, 1.54) is 0 Å². The zero-order valence-electron chi connectivity index (χ0n) is 7.49. The van der Waals surface area contributed by atoms with Gasteiger partial charge >= 0.3 is 0 Å². The fraction of sp³-hybridized carbons (Fsp3) is 0.625. The summed E-state index contributed by atoms with van der Waals surface area (Å²) in [7, 11) is 0. The van der Waals surface area contributed by atoms with Crippen LogP contribution in [0.5, 0.6) is 0 Å². The molecule has 1 atom stereocenters. The second kappa shape index (κ2) is 3.58. The Hall–Kier alpha value is -1.03. The number of hydrogen-bond acceptors (Lipinski definition) is 3. The molecule has 0 fully saturated rings. The first-order valence-electron chi connectivity index (χ1n) is 4.07. The van der Waals surface area contributed by atoms with Gasteiger partial charge in [-0.2, -0.15) is 5.10 Å². The van der Waals surface area contributed by atoms with E-state index >= 15 is 0 Å². The van der Waals surface area contributed by atoms with Crippen LogP contribution >= 0.6 is 0 Å². The number of hydrogen-bond donors (Lipinski definition) is 2. The van der Waals surface area contributed by atoms with Crippen molar-refractivity contribution in [2.45, 2.75) is 32.9 Å². The van der Waals surface area contributed by atoms with Crippen LogP contribution in [0, 0.1) is 6.92 Å². The Labute approximate surface area is 72.0 Å². The summed E-state index contributed by atoms with van der Waals surface area (Å²) >= 11 is 0. The van der Waals surface area contributed by atoms with Crippen LogP contribution in [0.1, 0.15) is 19.0 Å². The summed E-state index contributed by atoms with van der Waals surface area (Å²) in [4.78, 5) is 0. The summed E-state index contributed by atoms with van der Waals surface area (Å²) in [6.07, 6.45) is 0.428. The van der Waals surface area contributed by atoms with E-state index in [-0.39, 0.29) is 6.10 Å². The Morgan fingerprint density at radius 2 is 2.42 bits per heavy atom. The second-order valence-electron chi connectivity index (χ2n) is 3.07. The van der Waals surface area contributed by atoms with E-state index in [2.05, 4.69) is 5.10 Å². The molecular weight excluding hydrogens is 154 g/mol. The highest BCUT2D eigenvalue weighted by Gasteiger charge is 2.02. The molecule has 0 saturated heterocycles. The normalized spacial score (nSPS) is 13.2. The van der Waals surface area contributed by atoms with Gasteiger partial charge in [-0.05, 0) is 20.3 Å². The lowest BCUT2D eigenvalue weighted by atomic mass is 10.3. The van der Waals surface area contributed by atoms with Crippen molar-refractivity contribution < 1.29 is 5.11 Å². The molecule has 0 unspecified atom stereocenters. The van der Waals surface area contributed by atoms with Crippen LogP contribution in [0.15, 0.2) is 6.07 Å². The molecule has 0 radical (unpaired) electrons. The Balaban J connectivity index is 2.57. The van der Waals surface area contributed by atoms with Gasteiger partial charge in [0.25, 0.3) is 0 Å². The van der Waals surface area contributed by atoms with Crippen molar-refractivity contribution in [3.05, 3.63) is 11.8 Å². The number of nitrogen functional groups attached to an aromatic ring is 1. The predicted molar refractivity (Wildman–Crippen MR) is 47.7 cm³/mol. The SMILES string of the molecule is Cc1cc(N)nn1CC[C@@H](C)O. The standard InChI is InChI=1S/C8H15N3O/c1-6-5-8(9)10-11(6)4-3-7(2)12/h5,7,12H,3-4H2,1-2H3,(H2,9,10)/t7-/m1/s1. The molecule has 0 amide bonds. The molecule has 1 aromatic heterocycles. The zero-order valence-corrected chi connectivity index (χ0v) is 7.49. The highest BCUT2D eigenvalue weighted by atomic mass is 16.3. The minimum atomic E-state index is -0.283. The van der Waals surface area contributed by atoms with Gasteiger partial charge in [-0.1, -0.05) is 0 Å². The second-order valence-corrected chi connectivity index (χ2v) is 3.07. The molecule has 0 aromatic carbocycles. The Morgan fingerprint density at radius 1 is 1.75 bits per heavy atom. The number of nitrogens with zero attached hydrogens (tertiary/aromatic N) is 2. The summed E-state index contributed by atoms with van der Waals surface area (Å²) in [5, 5.41) is 13.1. The van der Waals surface area contributed by atoms with Crippen molar-refractivity contribution in [2.24, 2.45) is 0 Å². The maximum absolute atomic E-state index is 9.04. The Kier molecular flexibility index (Phi) is 2.70. The summed E-state index contributed by atoms with van der Waals surface area (Å²) in [6, 6.07) is 1.82. The minimum Gasteiger partial charge on any atom is -0.393 e. The fourth-order valence-electron chi connectivity index (χ4n) is 1.07. The van der Waals surface area contributed by atoms with E-state index in [9.17, 15) is 0 Å². The highest BCUT2D eigenvalue weighted by molar-refractivity contribution is 5.28. The minimum absolute atomic E-state index is 0.283. The molecule has 0 aliphatic rings. The van der Waals surface area contributed by atoms with E-state index in [0.717, 1.165) is 12.2 Å². The van der Waals surface area contributed by atoms with Crippen molar-refractivity contribution in [3.63, 3.8) is 0 Å². The number of aromatic nitrogens is 2. The van der Waals surface area contributed by atoms with Crippen LogP contribution in [0.2, 0.25) is 0 Å². The predicted octanol–water partition coefficient (Wildman–Crippen LogP) is 0.545. The Bertz CT molecular complexity index is 255. The third kappa shape index (κ3) is 2.23. The first-order chi connectivity index (χ1) is 5.59. The molecule has 1 heterocycles. The van der Waals surface area contributed by atoms with E-state index in [1.807, 2.05) is 17.7 Å². The van der Waals surface area contributed by atoms with E-state index in [0.29, 0.717) is 12.2 Å². The smallest absolute Gasteiger partial charge is 0.145 e. The van der Waals surface area contributed by atoms with Crippen molar-refractivity contribution in [2.75, 3.05) is 5.73 Å². The third-order valence-electron chi connectivity index (χ3n) is 1.76. The number of nitrogens with two attached hydrogens (primary N) is 1. The van der Waals surface area contributed by atoms with Gasteiger partial charge < -0.3 is 10.8 Å². The van der Waals surface area contributed by atoms with E-state index in [1.54, 1.807) is 6.92 Å². The third-order valence-corrected chi connectivity index (χ3v) is 1.76. The monoisotopic (exact) mass is 169 g/mol. The topological polar surface area (TPSA) is 64.1 Å². The number of aryl methyl sites for hydroxylation is 2. The summed E-state index contributed by atoms with van der Waals surface area (Å²) < 4.78 is 1.81. The van der Waals surface area contributed by atoms with Gasteiger partial charge in [0.05, 0.1) is 6.10 Å². The lowest BCUT2D eigenvalue weighted by Crippen LogP contribution is -2.09. The maximum atomic E-state index is 9.04. The van der Waals surface area contributed by atoms with Crippen LogP contribution in [-0.4, -0.2) is 21.0 Å². The van der Waals surface area contributed by atoms with Gasteiger partial charge in [0, 0.05) is 18.3 Å². The lowest BCUT2D eigenvalue weighted by Gasteiger charge is -2.05. The summed E-state index contributed by atoms with van der Waals surface area (Å²) in [6.45, 7) is 4.44. The van der Waals surface area contributed by atoms with Gasteiger partial charge in [-0.25, -0.2) is 0 Å². The van der Waals surface area contributed by atoms with Gasteiger partial charge in [0.2, 0.25) is 0 Å². The van der Waals surface area contributed by atoms with E-state index in [4.69, 9.17) is 10.8 Å². The molecule has 0 aliphatic carbocycles. The fourth-order valence-corrected chi connectivity index (χ4v) is 1.07. The van der Waals surface area contributed by atoms with Crippen LogP contribution in [-0.2, 0) is 6.54 Å².